The fourth-order valence-electron chi connectivity index (χ4n) is 3.52. The summed E-state index contributed by atoms with van der Waals surface area (Å²) in [4.78, 5) is 21.9. The number of thiazole rings is 1. The van der Waals surface area contributed by atoms with E-state index in [9.17, 15) is 4.79 Å². The molecule has 33 heavy (non-hydrogen) atoms. The van der Waals surface area contributed by atoms with E-state index in [4.69, 9.17) is 4.42 Å². The van der Waals surface area contributed by atoms with E-state index in [1.807, 2.05) is 61.0 Å². The third-order valence-corrected chi connectivity index (χ3v) is 7.09. The number of benzene rings is 2. The van der Waals surface area contributed by atoms with Crippen LogP contribution < -0.4 is 4.90 Å². The van der Waals surface area contributed by atoms with Crippen molar-refractivity contribution in [3.8, 4) is 11.5 Å². The molecule has 0 bridgehead atoms. The van der Waals surface area contributed by atoms with Crippen LogP contribution in [-0.4, -0.2) is 26.1 Å². The number of fused-ring (bicyclic) bond motifs is 1. The van der Waals surface area contributed by atoms with E-state index in [-0.39, 0.29) is 5.91 Å². The lowest BCUT2D eigenvalue weighted by Gasteiger charge is -2.19. The van der Waals surface area contributed by atoms with Gasteiger partial charge in [0.15, 0.2) is 5.13 Å². The molecule has 2 aromatic carbocycles. The summed E-state index contributed by atoms with van der Waals surface area (Å²) in [5, 5.41) is 12.5. The highest BCUT2D eigenvalue weighted by Crippen LogP contribution is 2.33. The second-order valence-corrected chi connectivity index (χ2v) is 9.42. The Kier molecular flexibility index (Phi) is 5.74. The van der Waals surface area contributed by atoms with Gasteiger partial charge in [0.2, 0.25) is 5.91 Å². The van der Waals surface area contributed by atoms with Crippen molar-refractivity contribution in [1.29, 1.82) is 0 Å². The topological polar surface area (TPSA) is 87.9 Å². The van der Waals surface area contributed by atoms with Crippen molar-refractivity contribution in [3.05, 3.63) is 70.9 Å². The van der Waals surface area contributed by atoms with Crippen LogP contribution in [0.4, 0.5) is 10.8 Å². The van der Waals surface area contributed by atoms with Gasteiger partial charge in [0.25, 0.3) is 11.1 Å². The summed E-state index contributed by atoms with van der Waals surface area (Å²) in [6.45, 7) is 5.64. The van der Waals surface area contributed by atoms with Crippen LogP contribution in [-0.2, 0) is 10.5 Å². The first-order valence-electron chi connectivity index (χ1n) is 10.3. The molecule has 0 unspecified atom stereocenters. The molecule has 7 nitrogen and oxygen atoms in total. The highest BCUT2D eigenvalue weighted by atomic mass is 32.2. The number of anilines is 2. The van der Waals surface area contributed by atoms with Gasteiger partial charge < -0.3 is 9.40 Å². The van der Waals surface area contributed by atoms with E-state index in [2.05, 4.69) is 27.1 Å². The lowest BCUT2D eigenvalue weighted by atomic mass is 10.1. The second-order valence-electron chi connectivity index (χ2n) is 7.65. The van der Waals surface area contributed by atoms with Gasteiger partial charge in [-0.2, -0.15) is 0 Å². The van der Waals surface area contributed by atoms with Gasteiger partial charge in [-0.3, -0.25) is 9.69 Å². The number of hydrogen-bond acceptors (Lipinski definition) is 7. The smallest absolute Gasteiger partial charge is 0.277 e. The molecule has 0 saturated heterocycles. The molecule has 9 heteroatoms. The van der Waals surface area contributed by atoms with Crippen molar-refractivity contribution in [2.45, 2.75) is 31.7 Å². The Morgan fingerprint density at radius 1 is 1.15 bits per heavy atom. The Morgan fingerprint density at radius 2 is 2.00 bits per heavy atom. The van der Waals surface area contributed by atoms with Crippen LogP contribution in [0.15, 0.2) is 63.7 Å². The molecule has 5 aromatic rings. The molecular weight excluding hydrogens is 454 g/mol. The minimum absolute atomic E-state index is 0.0768. The standard InChI is InChI=1S/C24H21N5O2S2/c1-14-8-9-18(10-15(14)2)29(16(3)30)23-26-17(12-32-23)13-33-24-28-27-22(31-24)20-11-25-21-7-5-4-6-19(20)21/h4-12,25H,13H2,1-3H3. The summed E-state index contributed by atoms with van der Waals surface area (Å²) in [5.74, 6) is 0.962. The molecule has 3 aromatic heterocycles. The van der Waals surface area contributed by atoms with E-state index in [0.717, 1.165) is 33.4 Å². The van der Waals surface area contributed by atoms with Crippen molar-refractivity contribution >= 4 is 50.7 Å². The van der Waals surface area contributed by atoms with Gasteiger partial charge in [0.1, 0.15) is 0 Å². The van der Waals surface area contributed by atoms with E-state index >= 15 is 0 Å². The maximum atomic E-state index is 12.4. The molecule has 0 aliphatic carbocycles. The first-order chi connectivity index (χ1) is 16.0. The lowest BCUT2D eigenvalue weighted by Crippen LogP contribution is -2.22. The fraction of sp³-hybridized carbons (Fsp3) is 0.167. The second kappa shape index (κ2) is 8.84. The molecule has 3 heterocycles. The summed E-state index contributed by atoms with van der Waals surface area (Å²) < 4.78 is 5.88. The Morgan fingerprint density at radius 3 is 2.82 bits per heavy atom. The molecule has 0 fully saturated rings. The number of amides is 1. The van der Waals surface area contributed by atoms with Crippen molar-refractivity contribution < 1.29 is 9.21 Å². The number of H-pyrrole nitrogens is 1. The Labute approximate surface area is 198 Å². The van der Waals surface area contributed by atoms with Crippen molar-refractivity contribution in [3.63, 3.8) is 0 Å². The number of carbonyl (C=O) groups is 1. The van der Waals surface area contributed by atoms with E-state index in [0.29, 0.717) is 22.0 Å². The Hall–Kier alpha value is -3.43. The number of para-hydroxylation sites is 1. The molecule has 1 N–H and O–H groups in total. The Bertz CT molecular complexity index is 1450. The third-order valence-electron chi connectivity index (χ3n) is 5.36. The molecular formula is C24H21N5O2S2. The molecule has 5 rings (SSSR count). The van der Waals surface area contributed by atoms with Crippen molar-refractivity contribution in [2.24, 2.45) is 0 Å². The number of nitrogens with zero attached hydrogens (tertiary/aromatic N) is 4. The van der Waals surface area contributed by atoms with Crippen LogP contribution in [0.5, 0.6) is 0 Å². The van der Waals surface area contributed by atoms with E-state index in [1.54, 1.807) is 11.8 Å². The van der Waals surface area contributed by atoms with E-state index in [1.165, 1.54) is 28.7 Å². The van der Waals surface area contributed by atoms with Gasteiger partial charge in [0, 0.05) is 35.2 Å². The summed E-state index contributed by atoms with van der Waals surface area (Å²) >= 11 is 2.86. The number of rotatable bonds is 6. The Balaban J connectivity index is 1.31. The number of thioether (sulfide) groups is 1. The zero-order valence-corrected chi connectivity index (χ0v) is 20.0. The summed E-state index contributed by atoms with van der Waals surface area (Å²) in [6.07, 6.45) is 1.88. The zero-order valence-electron chi connectivity index (χ0n) is 18.3. The number of aryl methyl sites for hydroxylation is 2. The maximum absolute atomic E-state index is 12.4. The summed E-state index contributed by atoms with van der Waals surface area (Å²) in [7, 11) is 0. The monoisotopic (exact) mass is 475 g/mol. The van der Waals surface area contributed by atoms with Gasteiger partial charge in [0.05, 0.1) is 16.9 Å². The average Bonchev–Trinajstić information content (AvgIpc) is 3.54. The van der Waals surface area contributed by atoms with Gasteiger partial charge in [-0.15, -0.1) is 21.5 Å². The minimum Gasteiger partial charge on any atom is -0.411 e. The predicted molar refractivity (Wildman–Crippen MR) is 132 cm³/mol. The molecule has 0 atom stereocenters. The summed E-state index contributed by atoms with van der Waals surface area (Å²) in [6, 6.07) is 14.0. The molecule has 0 spiro atoms. The number of hydrogen-bond donors (Lipinski definition) is 1. The van der Waals surface area contributed by atoms with Crippen LogP contribution in [0.25, 0.3) is 22.4 Å². The lowest BCUT2D eigenvalue weighted by molar-refractivity contribution is -0.115. The minimum atomic E-state index is -0.0768. The van der Waals surface area contributed by atoms with Crippen LogP contribution in [0.1, 0.15) is 23.7 Å². The number of aromatic amines is 1. The van der Waals surface area contributed by atoms with Crippen LogP contribution in [0, 0.1) is 13.8 Å². The average molecular weight is 476 g/mol. The highest BCUT2D eigenvalue weighted by Gasteiger charge is 2.19. The van der Waals surface area contributed by atoms with Crippen molar-refractivity contribution in [2.75, 3.05) is 4.90 Å². The first kappa shape index (κ1) is 21.4. The highest BCUT2D eigenvalue weighted by molar-refractivity contribution is 7.98. The van der Waals surface area contributed by atoms with Crippen LogP contribution >= 0.6 is 23.1 Å². The number of carbonyl (C=O) groups excluding carboxylic acids is 1. The quantitative estimate of drug-likeness (QED) is 0.291. The predicted octanol–water partition coefficient (Wildman–Crippen LogP) is 6.27. The normalized spacial score (nSPS) is 11.2. The molecule has 0 saturated carbocycles. The number of aromatic nitrogens is 4. The molecule has 0 aliphatic rings. The fourth-order valence-corrected chi connectivity index (χ4v) is 5.17. The van der Waals surface area contributed by atoms with Gasteiger partial charge in [-0.25, -0.2) is 4.98 Å². The number of nitrogens with one attached hydrogen (secondary N) is 1. The van der Waals surface area contributed by atoms with Crippen LogP contribution in [0.2, 0.25) is 0 Å². The van der Waals surface area contributed by atoms with Gasteiger partial charge in [-0.05, 0) is 43.2 Å². The SMILES string of the molecule is CC(=O)N(c1ccc(C)c(C)c1)c1nc(CSc2nnc(-c3c[nH]c4ccccc34)o2)cs1. The van der Waals surface area contributed by atoms with Crippen LogP contribution in [0.3, 0.4) is 0 Å². The first-order valence-corrected chi connectivity index (χ1v) is 12.2. The van der Waals surface area contributed by atoms with E-state index < -0.39 is 0 Å². The largest absolute Gasteiger partial charge is 0.411 e. The van der Waals surface area contributed by atoms with Crippen molar-refractivity contribution in [1.82, 2.24) is 20.2 Å². The molecule has 0 aliphatic heterocycles. The zero-order chi connectivity index (χ0) is 22.9. The summed E-state index contributed by atoms with van der Waals surface area (Å²) in [5.41, 5.74) is 5.89. The maximum Gasteiger partial charge on any atom is 0.277 e. The molecule has 166 valence electrons. The molecule has 1 amide bonds. The van der Waals surface area contributed by atoms with Gasteiger partial charge in [-0.1, -0.05) is 36.0 Å². The third kappa shape index (κ3) is 4.29. The van der Waals surface area contributed by atoms with Gasteiger partial charge >= 0.3 is 0 Å². The molecule has 0 radical (unpaired) electrons.